The van der Waals surface area contributed by atoms with E-state index in [0.29, 0.717) is 5.69 Å². The van der Waals surface area contributed by atoms with Gasteiger partial charge in [-0.3, -0.25) is 0 Å². The molecule has 0 unspecified atom stereocenters. The third kappa shape index (κ3) is 2.62. The summed E-state index contributed by atoms with van der Waals surface area (Å²) in [6.07, 6.45) is 1.24. The maximum atomic E-state index is 11.0. The highest BCUT2D eigenvalue weighted by Gasteiger charge is 2.14. The molecular formula is C16H14N4O2. The summed E-state index contributed by atoms with van der Waals surface area (Å²) in [5.74, 6) is -0.984. The lowest BCUT2D eigenvalue weighted by Crippen LogP contribution is -2.05. The van der Waals surface area contributed by atoms with Crippen molar-refractivity contribution < 1.29 is 9.90 Å². The number of para-hydroxylation sites is 1. The van der Waals surface area contributed by atoms with Gasteiger partial charge in [-0.15, -0.1) is 0 Å². The zero-order chi connectivity index (χ0) is 15.5. The SMILES string of the molecule is Nc1c(C(=O)O)cnn1-c1ccc(Nc2ccccc2)cc1. The number of hydrogen-bond donors (Lipinski definition) is 3. The highest BCUT2D eigenvalue weighted by atomic mass is 16.4. The van der Waals surface area contributed by atoms with Crippen molar-refractivity contribution in [2.45, 2.75) is 0 Å². The summed E-state index contributed by atoms with van der Waals surface area (Å²) >= 11 is 0. The smallest absolute Gasteiger partial charge is 0.341 e. The predicted molar refractivity (Wildman–Crippen MR) is 84.7 cm³/mol. The van der Waals surface area contributed by atoms with Gasteiger partial charge in [-0.1, -0.05) is 18.2 Å². The normalized spacial score (nSPS) is 10.4. The number of carboxylic acids is 1. The predicted octanol–water partition coefficient (Wildman–Crippen LogP) is 2.90. The van der Waals surface area contributed by atoms with Gasteiger partial charge in [0.1, 0.15) is 11.4 Å². The van der Waals surface area contributed by atoms with Crippen molar-refractivity contribution in [1.82, 2.24) is 9.78 Å². The summed E-state index contributed by atoms with van der Waals surface area (Å²) in [5.41, 5.74) is 8.40. The molecule has 1 aromatic heterocycles. The number of nitrogens with two attached hydrogens (primary N) is 1. The molecule has 0 spiro atoms. The van der Waals surface area contributed by atoms with Crippen LogP contribution >= 0.6 is 0 Å². The van der Waals surface area contributed by atoms with Crippen LogP contribution in [0.25, 0.3) is 5.69 Å². The van der Waals surface area contributed by atoms with E-state index in [1.807, 2.05) is 54.6 Å². The topological polar surface area (TPSA) is 93.2 Å². The molecule has 0 aliphatic heterocycles. The Kier molecular flexibility index (Phi) is 3.49. The molecule has 3 rings (SSSR count). The summed E-state index contributed by atoms with van der Waals surface area (Å²) in [4.78, 5) is 11.0. The first kappa shape index (κ1) is 13.7. The molecule has 2 aromatic carbocycles. The number of aromatic carboxylic acids is 1. The number of rotatable bonds is 4. The van der Waals surface area contributed by atoms with Gasteiger partial charge in [-0.2, -0.15) is 5.10 Å². The van der Waals surface area contributed by atoms with E-state index in [9.17, 15) is 4.79 Å². The van der Waals surface area contributed by atoms with Crippen LogP contribution < -0.4 is 11.1 Å². The Hall–Kier alpha value is -3.28. The van der Waals surface area contributed by atoms with Crippen LogP contribution in [-0.2, 0) is 0 Å². The molecule has 3 aromatic rings. The Labute approximate surface area is 126 Å². The number of anilines is 3. The standard InChI is InChI=1S/C16H14N4O2/c17-15-14(16(21)22)10-18-20(15)13-8-6-12(7-9-13)19-11-4-2-1-3-5-11/h1-10,19H,17H2,(H,21,22). The van der Waals surface area contributed by atoms with Crippen molar-refractivity contribution in [1.29, 1.82) is 0 Å². The molecule has 0 bridgehead atoms. The van der Waals surface area contributed by atoms with Gasteiger partial charge >= 0.3 is 5.97 Å². The second-order valence-electron chi connectivity index (χ2n) is 4.70. The molecule has 0 atom stereocenters. The van der Waals surface area contributed by atoms with Crippen LogP contribution in [0.2, 0.25) is 0 Å². The molecule has 0 aliphatic rings. The van der Waals surface area contributed by atoms with Crippen LogP contribution in [0, 0.1) is 0 Å². The minimum Gasteiger partial charge on any atom is -0.477 e. The maximum absolute atomic E-state index is 11.0. The lowest BCUT2D eigenvalue weighted by Gasteiger charge is -2.08. The molecular weight excluding hydrogens is 280 g/mol. The van der Waals surface area contributed by atoms with E-state index in [4.69, 9.17) is 10.8 Å². The number of hydrogen-bond acceptors (Lipinski definition) is 4. The van der Waals surface area contributed by atoms with Gasteiger partial charge in [-0.25, -0.2) is 9.48 Å². The highest BCUT2D eigenvalue weighted by molar-refractivity contribution is 5.92. The Morgan fingerprint density at radius 1 is 1.05 bits per heavy atom. The van der Waals surface area contributed by atoms with Gasteiger partial charge in [0.2, 0.25) is 0 Å². The van der Waals surface area contributed by atoms with E-state index in [1.165, 1.54) is 10.9 Å². The zero-order valence-corrected chi connectivity index (χ0v) is 11.6. The van der Waals surface area contributed by atoms with Crippen molar-refractivity contribution in [3.8, 4) is 5.69 Å². The van der Waals surface area contributed by atoms with Gasteiger partial charge in [0.05, 0.1) is 11.9 Å². The van der Waals surface area contributed by atoms with Gasteiger partial charge in [0.15, 0.2) is 0 Å². The molecule has 0 saturated carbocycles. The molecule has 0 saturated heterocycles. The molecule has 6 nitrogen and oxygen atoms in total. The minimum absolute atomic E-state index is 0.00788. The fourth-order valence-corrected chi connectivity index (χ4v) is 2.10. The first-order valence-corrected chi connectivity index (χ1v) is 6.64. The monoisotopic (exact) mass is 294 g/mol. The fraction of sp³-hybridized carbons (Fsp3) is 0. The molecule has 0 aliphatic carbocycles. The van der Waals surface area contributed by atoms with Gasteiger partial charge in [-0.05, 0) is 36.4 Å². The van der Waals surface area contributed by atoms with Crippen molar-refractivity contribution in [2.24, 2.45) is 0 Å². The lowest BCUT2D eigenvalue weighted by atomic mass is 10.2. The Morgan fingerprint density at radius 3 is 2.27 bits per heavy atom. The van der Waals surface area contributed by atoms with E-state index in [2.05, 4.69) is 10.4 Å². The highest BCUT2D eigenvalue weighted by Crippen LogP contribution is 2.21. The molecule has 1 heterocycles. The molecule has 110 valence electrons. The second kappa shape index (κ2) is 5.61. The number of carbonyl (C=O) groups is 1. The van der Waals surface area contributed by atoms with E-state index < -0.39 is 5.97 Å². The average Bonchev–Trinajstić information content (AvgIpc) is 2.91. The molecule has 0 amide bonds. The van der Waals surface area contributed by atoms with Crippen molar-refractivity contribution in [2.75, 3.05) is 11.1 Å². The Morgan fingerprint density at radius 2 is 1.68 bits per heavy atom. The van der Waals surface area contributed by atoms with Crippen molar-refractivity contribution in [3.63, 3.8) is 0 Å². The number of aromatic nitrogens is 2. The van der Waals surface area contributed by atoms with E-state index in [0.717, 1.165) is 11.4 Å². The lowest BCUT2D eigenvalue weighted by molar-refractivity contribution is 0.0698. The molecule has 6 heteroatoms. The van der Waals surface area contributed by atoms with Crippen LogP contribution in [-0.4, -0.2) is 20.9 Å². The number of benzene rings is 2. The Balaban J connectivity index is 1.84. The molecule has 0 fully saturated rings. The fourth-order valence-electron chi connectivity index (χ4n) is 2.10. The van der Waals surface area contributed by atoms with E-state index in [1.54, 1.807) is 0 Å². The number of nitrogen functional groups attached to an aromatic ring is 1. The maximum Gasteiger partial charge on any atom is 0.341 e. The molecule has 0 radical (unpaired) electrons. The largest absolute Gasteiger partial charge is 0.477 e. The molecule has 4 N–H and O–H groups in total. The summed E-state index contributed by atoms with van der Waals surface area (Å²) < 4.78 is 1.40. The van der Waals surface area contributed by atoms with E-state index in [-0.39, 0.29) is 11.4 Å². The number of nitrogens with one attached hydrogen (secondary N) is 1. The number of carboxylic acid groups (broad SMARTS) is 1. The van der Waals surface area contributed by atoms with Crippen molar-refractivity contribution >= 4 is 23.2 Å². The van der Waals surface area contributed by atoms with Gasteiger partial charge in [0, 0.05) is 11.4 Å². The van der Waals surface area contributed by atoms with Crippen LogP contribution in [0.15, 0.2) is 60.8 Å². The first-order chi connectivity index (χ1) is 10.6. The molecule has 22 heavy (non-hydrogen) atoms. The zero-order valence-electron chi connectivity index (χ0n) is 11.6. The van der Waals surface area contributed by atoms with Gasteiger partial charge < -0.3 is 16.2 Å². The van der Waals surface area contributed by atoms with Crippen LogP contribution in [0.5, 0.6) is 0 Å². The van der Waals surface area contributed by atoms with Crippen LogP contribution in [0.4, 0.5) is 17.2 Å². The summed E-state index contributed by atoms with van der Waals surface area (Å²) in [7, 11) is 0. The minimum atomic E-state index is -1.09. The second-order valence-corrected chi connectivity index (χ2v) is 4.70. The number of nitrogens with zero attached hydrogens (tertiary/aromatic N) is 2. The quantitative estimate of drug-likeness (QED) is 0.688. The summed E-state index contributed by atoms with van der Waals surface area (Å²) in [6.45, 7) is 0. The van der Waals surface area contributed by atoms with Gasteiger partial charge in [0.25, 0.3) is 0 Å². The first-order valence-electron chi connectivity index (χ1n) is 6.64. The summed E-state index contributed by atoms with van der Waals surface area (Å²) in [5, 5.41) is 16.3. The van der Waals surface area contributed by atoms with Crippen LogP contribution in [0.3, 0.4) is 0 Å². The average molecular weight is 294 g/mol. The Bertz CT molecular complexity index is 795. The van der Waals surface area contributed by atoms with Crippen LogP contribution in [0.1, 0.15) is 10.4 Å². The summed E-state index contributed by atoms with van der Waals surface area (Å²) in [6, 6.07) is 17.2. The van der Waals surface area contributed by atoms with Crippen molar-refractivity contribution in [3.05, 3.63) is 66.4 Å². The van der Waals surface area contributed by atoms with E-state index >= 15 is 0 Å². The third-order valence-corrected chi connectivity index (χ3v) is 3.21. The third-order valence-electron chi connectivity index (χ3n) is 3.21.